The molecular formula is C13H18N2OS. The molecule has 0 aliphatic rings. The number of carbonyl (C=O) groups is 1. The number of amides is 1. The third-order valence-corrected chi connectivity index (χ3v) is 3.37. The SMILES string of the molecule is CC(C)(C#N)CNC(=O)CCCc1cccs1. The number of nitrogens with zero attached hydrogens (tertiary/aromatic N) is 1. The summed E-state index contributed by atoms with van der Waals surface area (Å²) in [6.07, 6.45) is 2.34. The van der Waals surface area contributed by atoms with Crippen molar-refractivity contribution in [3.05, 3.63) is 22.4 Å². The zero-order valence-electron chi connectivity index (χ0n) is 10.3. The number of thiophene rings is 1. The molecule has 1 rings (SSSR count). The Bertz CT molecular complexity index is 390. The Hall–Kier alpha value is -1.34. The second-order valence-electron chi connectivity index (χ2n) is 4.71. The lowest BCUT2D eigenvalue weighted by Gasteiger charge is -2.15. The zero-order chi connectivity index (χ0) is 12.7. The molecule has 0 aliphatic carbocycles. The Labute approximate surface area is 106 Å². The van der Waals surface area contributed by atoms with Crippen LogP contribution in [0.4, 0.5) is 0 Å². The Balaban J connectivity index is 2.16. The van der Waals surface area contributed by atoms with E-state index < -0.39 is 5.41 Å². The van der Waals surface area contributed by atoms with Gasteiger partial charge in [-0.15, -0.1) is 11.3 Å². The van der Waals surface area contributed by atoms with Crippen molar-refractivity contribution in [2.24, 2.45) is 5.41 Å². The van der Waals surface area contributed by atoms with Crippen molar-refractivity contribution >= 4 is 17.2 Å². The number of hydrogen-bond acceptors (Lipinski definition) is 3. The van der Waals surface area contributed by atoms with Crippen LogP contribution in [-0.4, -0.2) is 12.5 Å². The molecule has 0 aromatic carbocycles. The number of aryl methyl sites for hydroxylation is 1. The van der Waals surface area contributed by atoms with Gasteiger partial charge in [0.15, 0.2) is 0 Å². The van der Waals surface area contributed by atoms with Crippen molar-refractivity contribution in [3.63, 3.8) is 0 Å². The molecule has 0 spiro atoms. The van der Waals surface area contributed by atoms with E-state index in [9.17, 15) is 4.79 Å². The first-order valence-corrected chi connectivity index (χ1v) is 6.62. The first-order valence-electron chi connectivity index (χ1n) is 5.74. The molecule has 0 bridgehead atoms. The predicted octanol–water partition coefficient (Wildman–Crippen LogP) is 2.74. The molecule has 3 nitrogen and oxygen atoms in total. The maximum Gasteiger partial charge on any atom is 0.220 e. The van der Waals surface area contributed by atoms with Gasteiger partial charge in [-0.3, -0.25) is 4.79 Å². The summed E-state index contributed by atoms with van der Waals surface area (Å²) in [5.41, 5.74) is -0.483. The minimum Gasteiger partial charge on any atom is -0.355 e. The zero-order valence-corrected chi connectivity index (χ0v) is 11.1. The van der Waals surface area contributed by atoms with Crippen LogP contribution in [0, 0.1) is 16.7 Å². The van der Waals surface area contributed by atoms with Crippen LogP contribution in [0.25, 0.3) is 0 Å². The van der Waals surface area contributed by atoms with Gasteiger partial charge < -0.3 is 5.32 Å². The quantitative estimate of drug-likeness (QED) is 0.844. The normalized spacial score (nSPS) is 10.9. The minimum atomic E-state index is -0.483. The molecule has 0 atom stereocenters. The molecule has 4 heteroatoms. The summed E-state index contributed by atoms with van der Waals surface area (Å²) in [6, 6.07) is 6.27. The van der Waals surface area contributed by atoms with Gasteiger partial charge in [-0.25, -0.2) is 0 Å². The van der Waals surface area contributed by atoms with Crippen molar-refractivity contribution in [2.75, 3.05) is 6.54 Å². The summed E-state index contributed by atoms with van der Waals surface area (Å²) in [7, 11) is 0. The molecule has 1 aromatic rings. The van der Waals surface area contributed by atoms with Gasteiger partial charge in [0.1, 0.15) is 0 Å². The summed E-state index contributed by atoms with van der Waals surface area (Å²) in [5.74, 6) is 0.0323. The molecule has 0 unspecified atom stereocenters. The lowest BCUT2D eigenvalue weighted by Crippen LogP contribution is -2.32. The fraction of sp³-hybridized carbons (Fsp3) is 0.538. The molecule has 0 radical (unpaired) electrons. The standard InChI is InChI=1S/C13H18N2OS/c1-13(2,9-14)10-15-12(16)7-3-5-11-6-4-8-17-11/h4,6,8H,3,5,7,10H2,1-2H3,(H,15,16). The van der Waals surface area contributed by atoms with Crippen molar-refractivity contribution in [1.29, 1.82) is 5.26 Å². The highest BCUT2D eigenvalue weighted by Crippen LogP contribution is 2.13. The van der Waals surface area contributed by atoms with Crippen molar-refractivity contribution in [3.8, 4) is 6.07 Å². The van der Waals surface area contributed by atoms with Gasteiger partial charge in [-0.1, -0.05) is 6.07 Å². The van der Waals surface area contributed by atoms with Gasteiger partial charge in [0.2, 0.25) is 5.91 Å². The Morgan fingerprint density at radius 2 is 2.35 bits per heavy atom. The number of rotatable bonds is 6. The fourth-order valence-electron chi connectivity index (χ4n) is 1.33. The third kappa shape index (κ3) is 5.50. The first-order chi connectivity index (χ1) is 8.03. The maximum atomic E-state index is 11.5. The van der Waals surface area contributed by atoms with Crippen molar-refractivity contribution in [2.45, 2.75) is 33.1 Å². The topological polar surface area (TPSA) is 52.9 Å². The molecule has 1 aromatic heterocycles. The van der Waals surface area contributed by atoms with E-state index >= 15 is 0 Å². The number of carbonyl (C=O) groups excluding carboxylic acids is 1. The number of hydrogen-bond donors (Lipinski definition) is 1. The highest BCUT2D eigenvalue weighted by Gasteiger charge is 2.17. The summed E-state index contributed by atoms with van der Waals surface area (Å²) in [5, 5.41) is 13.7. The molecule has 92 valence electrons. The highest BCUT2D eigenvalue weighted by molar-refractivity contribution is 7.09. The average Bonchev–Trinajstić information content (AvgIpc) is 2.80. The second-order valence-corrected chi connectivity index (χ2v) is 5.74. The Kier molecular flexibility index (Phi) is 5.17. The van der Waals surface area contributed by atoms with Gasteiger partial charge in [-0.05, 0) is 38.1 Å². The Morgan fingerprint density at radius 3 is 2.94 bits per heavy atom. The van der Waals surface area contributed by atoms with Crippen molar-refractivity contribution in [1.82, 2.24) is 5.32 Å². The van der Waals surface area contributed by atoms with E-state index in [0.29, 0.717) is 13.0 Å². The summed E-state index contributed by atoms with van der Waals surface area (Å²) in [6.45, 7) is 4.05. The van der Waals surface area contributed by atoms with E-state index in [1.54, 1.807) is 11.3 Å². The molecule has 1 N–H and O–H groups in total. The third-order valence-electron chi connectivity index (χ3n) is 2.44. The highest BCUT2D eigenvalue weighted by atomic mass is 32.1. The Morgan fingerprint density at radius 1 is 1.59 bits per heavy atom. The molecule has 1 heterocycles. The van der Waals surface area contributed by atoms with Crippen LogP contribution in [0.5, 0.6) is 0 Å². The summed E-state index contributed by atoms with van der Waals surface area (Å²) in [4.78, 5) is 12.8. The molecule has 0 aliphatic heterocycles. The molecule has 0 saturated heterocycles. The van der Waals surface area contributed by atoms with Crippen LogP contribution in [0.3, 0.4) is 0 Å². The fourth-order valence-corrected chi connectivity index (χ4v) is 2.08. The minimum absolute atomic E-state index is 0.0323. The van der Waals surface area contributed by atoms with Gasteiger partial charge in [-0.2, -0.15) is 5.26 Å². The second kappa shape index (κ2) is 6.41. The number of nitriles is 1. The van der Waals surface area contributed by atoms with E-state index in [-0.39, 0.29) is 5.91 Å². The first kappa shape index (κ1) is 13.7. The van der Waals surface area contributed by atoms with E-state index in [2.05, 4.69) is 17.5 Å². The van der Waals surface area contributed by atoms with Gasteiger partial charge in [0.05, 0.1) is 11.5 Å². The summed E-state index contributed by atoms with van der Waals surface area (Å²) >= 11 is 1.72. The van der Waals surface area contributed by atoms with E-state index in [0.717, 1.165) is 12.8 Å². The lowest BCUT2D eigenvalue weighted by molar-refractivity contribution is -0.121. The molecule has 0 saturated carbocycles. The largest absolute Gasteiger partial charge is 0.355 e. The predicted molar refractivity (Wildman–Crippen MR) is 69.7 cm³/mol. The lowest BCUT2D eigenvalue weighted by atomic mass is 9.96. The average molecular weight is 250 g/mol. The molecule has 17 heavy (non-hydrogen) atoms. The molecule has 0 fully saturated rings. The molecular weight excluding hydrogens is 232 g/mol. The van der Waals surface area contributed by atoms with Gasteiger partial charge in [0.25, 0.3) is 0 Å². The molecule has 1 amide bonds. The van der Waals surface area contributed by atoms with E-state index in [1.165, 1.54) is 4.88 Å². The van der Waals surface area contributed by atoms with Gasteiger partial charge in [0, 0.05) is 17.8 Å². The van der Waals surface area contributed by atoms with E-state index in [1.807, 2.05) is 25.3 Å². The van der Waals surface area contributed by atoms with Crippen molar-refractivity contribution < 1.29 is 4.79 Å². The van der Waals surface area contributed by atoms with Crippen LogP contribution >= 0.6 is 11.3 Å². The van der Waals surface area contributed by atoms with E-state index in [4.69, 9.17) is 5.26 Å². The van der Waals surface area contributed by atoms with Crippen LogP contribution < -0.4 is 5.32 Å². The van der Waals surface area contributed by atoms with Crippen LogP contribution in [0.1, 0.15) is 31.6 Å². The summed E-state index contributed by atoms with van der Waals surface area (Å²) < 4.78 is 0. The van der Waals surface area contributed by atoms with Crippen LogP contribution in [-0.2, 0) is 11.2 Å². The van der Waals surface area contributed by atoms with Crippen LogP contribution in [0.15, 0.2) is 17.5 Å². The maximum absolute atomic E-state index is 11.5. The van der Waals surface area contributed by atoms with Gasteiger partial charge >= 0.3 is 0 Å². The number of nitrogens with one attached hydrogen (secondary N) is 1. The smallest absolute Gasteiger partial charge is 0.220 e. The van der Waals surface area contributed by atoms with Crippen LogP contribution in [0.2, 0.25) is 0 Å². The monoisotopic (exact) mass is 250 g/mol.